The third-order valence-electron chi connectivity index (χ3n) is 1.10. The van der Waals surface area contributed by atoms with Crippen molar-refractivity contribution < 1.29 is 6.17 Å². The Kier molecular flexibility index (Phi) is 1.29. The lowest BCUT2D eigenvalue weighted by Gasteiger charge is -1.89. The zero-order chi connectivity index (χ0) is 7.40. The molecule has 0 unspecified atom stereocenters. The van der Waals surface area contributed by atoms with E-state index < -0.39 is 0 Å². The summed E-state index contributed by atoms with van der Waals surface area (Å²) in [5.74, 6) is -0.124. The normalized spacial score (nSPS) is 10.4. The van der Waals surface area contributed by atoms with E-state index in [0.717, 1.165) is 0 Å². The van der Waals surface area contributed by atoms with E-state index in [0.29, 0.717) is 5.56 Å². The molecule has 0 aliphatic carbocycles. The number of carbonyl (C=O) groups excluding carboxylic acids is 1. The maximum absolute atomic E-state index is 10.8. The lowest BCUT2D eigenvalue weighted by Crippen LogP contribution is -1.88. The van der Waals surface area contributed by atoms with Crippen LogP contribution < -0.4 is 0 Å². The van der Waals surface area contributed by atoms with Crippen molar-refractivity contribution in [3.63, 3.8) is 0 Å². The molecule has 0 aliphatic rings. The van der Waals surface area contributed by atoms with Crippen LogP contribution in [0.1, 0.15) is 18.6 Å². The highest BCUT2D eigenvalue weighted by Gasteiger charge is 1.92. The first-order chi connectivity index (χ1) is 4.84. The lowest BCUT2D eigenvalue weighted by molar-refractivity contribution is 0.101. The Labute approximate surface area is 55.7 Å². The molecule has 0 aromatic heterocycles. The molecule has 1 aromatic rings. The fourth-order valence-corrected chi connectivity index (χ4v) is 0.624. The third-order valence-corrected chi connectivity index (χ3v) is 1.10. The quantitative estimate of drug-likeness (QED) is 0.520. The summed E-state index contributed by atoms with van der Waals surface area (Å²) in [5, 5.41) is 0. The summed E-state index contributed by atoms with van der Waals surface area (Å²) >= 11 is 0. The van der Waals surface area contributed by atoms with Crippen molar-refractivity contribution in [2.75, 3.05) is 0 Å². The van der Waals surface area contributed by atoms with Gasteiger partial charge in [0.1, 0.15) is 0 Å². The summed E-state index contributed by atoms with van der Waals surface area (Å²) in [6.07, 6.45) is 0. The maximum atomic E-state index is 10.8. The molecular formula is C8H8O. The van der Waals surface area contributed by atoms with Crippen molar-refractivity contribution in [3.8, 4) is 0 Å². The summed E-state index contributed by atoms with van der Waals surface area (Å²) in [7, 11) is 0. The van der Waals surface area contributed by atoms with Gasteiger partial charge < -0.3 is 0 Å². The van der Waals surface area contributed by atoms with Crippen LogP contribution in [0.5, 0.6) is 0 Å². The largest absolute Gasteiger partial charge is 0.295 e. The Morgan fingerprint density at radius 3 is 2.67 bits per heavy atom. The minimum Gasteiger partial charge on any atom is -0.295 e. The minimum atomic E-state index is -0.163. The molecule has 0 aliphatic heterocycles. The van der Waals surface area contributed by atoms with E-state index in [2.05, 4.69) is 0 Å². The van der Waals surface area contributed by atoms with Gasteiger partial charge in [-0.2, -0.15) is 0 Å². The van der Waals surface area contributed by atoms with E-state index in [-0.39, 0.29) is 12.7 Å². The second-order valence-electron chi connectivity index (χ2n) is 1.79. The van der Waals surface area contributed by atoms with Gasteiger partial charge >= 0.3 is 0 Å². The Morgan fingerprint density at radius 1 is 1.44 bits per heavy atom. The van der Waals surface area contributed by atoms with E-state index in [1.165, 1.54) is 0 Å². The minimum absolute atomic E-state index is 0.124. The fraction of sp³-hybridized carbons (Fsp3) is 0.125. The predicted molar refractivity (Wildman–Crippen MR) is 36.4 cm³/mol. The Hall–Kier alpha value is -1.11. The summed E-state index contributed by atoms with van der Waals surface area (Å²) < 4.78 is 6.80. The van der Waals surface area contributed by atoms with Gasteiger partial charge in [-0.25, -0.2) is 0 Å². The molecule has 0 amide bonds. The molecule has 0 bridgehead atoms. The van der Waals surface area contributed by atoms with E-state index >= 15 is 0 Å². The maximum Gasteiger partial charge on any atom is 0.159 e. The SMILES string of the molecule is [3H]CC(=O)c1ccccc1. The van der Waals surface area contributed by atoms with Crippen LogP contribution in [0, 0.1) is 0 Å². The van der Waals surface area contributed by atoms with Gasteiger partial charge in [0, 0.05) is 6.93 Å². The van der Waals surface area contributed by atoms with Crippen LogP contribution in [-0.4, -0.2) is 5.78 Å². The molecule has 0 fully saturated rings. The Balaban J connectivity index is 2.85. The van der Waals surface area contributed by atoms with Crippen molar-refractivity contribution in [2.24, 2.45) is 0 Å². The van der Waals surface area contributed by atoms with E-state index in [9.17, 15) is 4.79 Å². The summed E-state index contributed by atoms with van der Waals surface area (Å²) in [4.78, 5) is 10.8. The average Bonchev–Trinajstić information content (AvgIpc) is 2.05. The van der Waals surface area contributed by atoms with Gasteiger partial charge in [0.05, 0.1) is 0 Å². The lowest BCUT2D eigenvalue weighted by atomic mass is 10.2. The number of carbonyl (C=O) groups is 1. The highest BCUT2D eigenvalue weighted by atomic mass is 16.1. The van der Waals surface area contributed by atoms with Crippen molar-refractivity contribution in [3.05, 3.63) is 35.9 Å². The van der Waals surface area contributed by atoms with Crippen LogP contribution in [0.25, 0.3) is 0 Å². The molecule has 0 heterocycles. The van der Waals surface area contributed by atoms with Crippen molar-refractivity contribution in [1.82, 2.24) is 0 Å². The smallest absolute Gasteiger partial charge is 0.159 e. The first kappa shape index (κ1) is 4.74. The first-order valence-electron chi connectivity index (χ1n) is 3.43. The molecule has 1 heteroatoms. The number of benzene rings is 1. The zero-order valence-electron chi connectivity index (χ0n) is 6.00. The molecule has 46 valence electrons. The van der Waals surface area contributed by atoms with Crippen LogP contribution in [-0.2, 0) is 0 Å². The number of hydrogen-bond donors (Lipinski definition) is 0. The summed E-state index contributed by atoms with van der Waals surface area (Å²) in [5.41, 5.74) is 0.623. The number of ketones is 1. The molecule has 9 heavy (non-hydrogen) atoms. The van der Waals surface area contributed by atoms with Gasteiger partial charge in [0.2, 0.25) is 0 Å². The van der Waals surface area contributed by atoms with E-state index in [1.54, 1.807) is 24.3 Å². The zero-order valence-corrected chi connectivity index (χ0v) is 5.00. The second-order valence-corrected chi connectivity index (χ2v) is 1.79. The standard InChI is InChI=1S/C8H8O/c1-7(9)8-5-3-2-4-6-8/h2-6H,1H3/i1T. The molecule has 0 saturated carbocycles. The van der Waals surface area contributed by atoms with E-state index in [1.807, 2.05) is 6.07 Å². The van der Waals surface area contributed by atoms with Gasteiger partial charge in [0.25, 0.3) is 0 Å². The van der Waals surface area contributed by atoms with Crippen LogP contribution in [0.3, 0.4) is 0 Å². The number of rotatable bonds is 1. The van der Waals surface area contributed by atoms with Crippen LogP contribution in [0.4, 0.5) is 0 Å². The van der Waals surface area contributed by atoms with Gasteiger partial charge in [-0.15, -0.1) is 0 Å². The summed E-state index contributed by atoms with van der Waals surface area (Å²) in [6.45, 7) is -0.163. The third kappa shape index (κ3) is 1.39. The first-order valence-corrected chi connectivity index (χ1v) is 2.72. The average molecular weight is 122 g/mol. The molecule has 0 N–H and O–H groups in total. The second kappa shape index (κ2) is 2.44. The monoisotopic (exact) mass is 122 g/mol. The van der Waals surface area contributed by atoms with Gasteiger partial charge in [-0.3, -0.25) is 4.79 Å². The van der Waals surface area contributed by atoms with Crippen LogP contribution in [0.2, 0.25) is 0 Å². The molecule has 0 spiro atoms. The van der Waals surface area contributed by atoms with Gasteiger partial charge in [-0.05, 0) is 6.90 Å². The summed E-state index contributed by atoms with van der Waals surface area (Å²) in [6, 6.07) is 8.88. The topological polar surface area (TPSA) is 17.1 Å². The van der Waals surface area contributed by atoms with Crippen LogP contribution >= 0.6 is 0 Å². The molecule has 1 nitrogen and oxygen atoms in total. The fourth-order valence-electron chi connectivity index (χ4n) is 0.624. The van der Waals surface area contributed by atoms with Gasteiger partial charge in [0.15, 0.2) is 5.78 Å². The number of Topliss-reactive ketones (excluding diaryl/α,β-unsaturated/α-hetero) is 1. The highest BCUT2D eigenvalue weighted by Crippen LogP contribution is 1.97. The van der Waals surface area contributed by atoms with Crippen molar-refractivity contribution in [1.29, 1.82) is 0 Å². The predicted octanol–water partition coefficient (Wildman–Crippen LogP) is 1.89. The molecular weight excluding hydrogens is 112 g/mol. The molecule has 0 atom stereocenters. The van der Waals surface area contributed by atoms with Crippen molar-refractivity contribution >= 4 is 5.78 Å². The molecule has 1 aromatic carbocycles. The van der Waals surface area contributed by atoms with Gasteiger partial charge in [-0.1, -0.05) is 30.3 Å². The van der Waals surface area contributed by atoms with E-state index in [4.69, 9.17) is 1.37 Å². The molecule has 0 radical (unpaired) electrons. The van der Waals surface area contributed by atoms with Crippen molar-refractivity contribution in [2.45, 2.75) is 6.90 Å². The Morgan fingerprint density at radius 2 is 2.11 bits per heavy atom. The number of hydrogen-bond acceptors (Lipinski definition) is 1. The molecule has 0 saturated heterocycles. The molecule has 1 rings (SSSR count). The Bertz CT molecular complexity index is 218. The highest BCUT2D eigenvalue weighted by molar-refractivity contribution is 5.93. The van der Waals surface area contributed by atoms with Crippen LogP contribution in [0.15, 0.2) is 30.3 Å².